The zero-order valence-electron chi connectivity index (χ0n) is 9.61. The molecule has 0 atom stereocenters. The van der Waals surface area contributed by atoms with Gasteiger partial charge in [-0.15, -0.1) is 11.8 Å². The van der Waals surface area contributed by atoms with Crippen molar-refractivity contribution >= 4 is 29.1 Å². The molecule has 0 fully saturated rings. The van der Waals surface area contributed by atoms with Crippen molar-refractivity contribution in [2.24, 2.45) is 0 Å². The van der Waals surface area contributed by atoms with Crippen LogP contribution in [0, 0.1) is 5.82 Å². The number of benzene rings is 2. The van der Waals surface area contributed by atoms with Gasteiger partial charge in [-0.2, -0.15) is 0 Å². The van der Waals surface area contributed by atoms with Crippen molar-refractivity contribution in [3.05, 3.63) is 64.4 Å². The molecule has 0 radical (unpaired) electrons. The quantitative estimate of drug-likeness (QED) is 0.611. The van der Waals surface area contributed by atoms with E-state index in [4.69, 9.17) is 11.6 Å². The lowest BCUT2D eigenvalue weighted by Crippen LogP contribution is -2.02. The Morgan fingerprint density at radius 2 is 2.00 bits per heavy atom. The molecule has 18 heavy (non-hydrogen) atoms. The normalized spacial score (nSPS) is 10.4. The van der Waals surface area contributed by atoms with Crippen LogP contribution in [0.4, 0.5) is 4.39 Å². The molecule has 0 aromatic heterocycles. The van der Waals surface area contributed by atoms with Gasteiger partial charge < -0.3 is 0 Å². The summed E-state index contributed by atoms with van der Waals surface area (Å²) in [6, 6.07) is 11.1. The topological polar surface area (TPSA) is 17.1 Å². The van der Waals surface area contributed by atoms with Crippen molar-refractivity contribution in [2.75, 3.05) is 6.26 Å². The molecular weight excluding hydrogens is 271 g/mol. The van der Waals surface area contributed by atoms with Crippen molar-refractivity contribution < 1.29 is 9.18 Å². The highest BCUT2D eigenvalue weighted by atomic mass is 35.5. The standard InChI is InChI=1S/C14H10ClFOS/c1-18-11-4-2-3-9(7-11)14(17)12-6-5-10(16)8-13(12)15/h2-8H,1H3. The van der Waals surface area contributed by atoms with Crippen LogP contribution in [0.1, 0.15) is 15.9 Å². The average molecular weight is 281 g/mol. The Morgan fingerprint density at radius 1 is 1.22 bits per heavy atom. The van der Waals surface area contributed by atoms with E-state index in [1.165, 1.54) is 12.1 Å². The zero-order chi connectivity index (χ0) is 13.1. The Bertz CT molecular complexity index is 598. The van der Waals surface area contributed by atoms with Gasteiger partial charge in [0.25, 0.3) is 0 Å². The lowest BCUT2D eigenvalue weighted by Gasteiger charge is -2.05. The maximum Gasteiger partial charge on any atom is 0.194 e. The van der Waals surface area contributed by atoms with E-state index in [0.717, 1.165) is 11.0 Å². The maximum atomic E-state index is 12.9. The maximum absolute atomic E-state index is 12.9. The van der Waals surface area contributed by atoms with Gasteiger partial charge in [-0.25, -0.2) is 4.39 Å². The van der Waals surface area contributed by atoms with Gasteiger partial charge >= 0.3 is 0 Å². The van der Waals surface area contributed by atoms with Crippen molar-refractivity contribution in [1.82, 2.24) is 0 Å². The minimum atomic E-state index is -0.450. The molecule has 92 valence electrons. The van der Waals surface area contributed by atoms with Crippen molar-refractivity contribution in [3.63, 3.8) is 0 Å². The Balaban J connectivity index is 2.41. The summed E-state index contributed by atoms with van der Waals surface area (Å²) in [5, 5.41) is 0.134. The van der Waals surface area contributed by atoms with Gasteiger partial charge in [-0.3, -0.25) is 4.79 Å². The third-order valence-corrected chi connectivity index (χ3v) is 3.55. The Morgan fingerprint density at radius 3 is 2.67 bits per heavy atom. The van der Waals surface area contributed by atoms with Crippen molar-refractivity contribution in [2.45, 2.75) is 4.90 Å². The molecule has 0 N–H and O–H groups in total. The van der Waals surface area contributed by atoms with Gasteiger partial charge in [0.05, 0.1) is 5.02 Å². The van der Waals surface area contributed by atoms with Gasteiger partial charge in [0, 0.05) is 16.0 Å². The molecule has 0 amide bonds. The summed E-state index contributed by atoms with van der Waals surface area (Å²) in [6.07, 6.45) is 1.94. The summed E-state index contributed by atoms with van der Waals surface area (Å²) < 4.78 is 12.9. The third kappa shape index (κ3) is 2.74. The Labute approximate surface area is 114 Å². The first kappa shape index (κ1) is 13.1. The van der Waals surface area contributed by atoms with Crippen LogP contribution in [-0.2, 0) is 0 Å². The van der Waals surface area contributed by atoms with E-state index in [1.807, 2.05) is 18.4 Å². The third-order valence-electron chi connectivity index (χ3n) is 2.51. The van der Waals surface area contributed by atoms with E-state index in [9.17, 15) is 9.18 Å². The second kappa shape index (κ2) is 5.55. The fourth-order valence-corrected chi connectivity index (χ4v) is 2.31. The molecule has 1 nitrogen and oxygen atoms in total. The van der Waals surface area contributed by atoms with Gasteiger partial charge in [0.2, 0.25) is 0 Å². The van der Waals surface area contributed by atoms with Gasteiger partial charge in [0.15, 0.2) is 5.78 Å². The van der Waals surface area contributed by atoms with Crippen LogP contribution in [0.3, 0.4) is 0 Å². The van der Waals surface area contributed by atoms with Crippen LogP contribution in [-0.4, -0.2) is 12.0 Å². The van der Waals surface area contributed by atoms with Crippen LogP contribution in [0.2, 0.25) is 5.02 Å². The molecular formula is C14H10ClFOS. The molecule has 0 aliphatic heterocycles. The number of halogens is 2. The fraction of sp³-hybridized carbons (Fsp3) is 0.0714. The molecule has 0 aliphatic carbocycles. The predicted octanol–water partition coefficient (Wildman–Crippen LogP) is 4.43. The molecule has 0 saturated carbocycles. The first-order chi connectivity index (χ1) is 8.61. The van der Waals surface area contributed by atoms with E-state index >= 15 is 0 Å². The predicted molar refractivity (Wildman–Crippen MR) is 73.1 cm³/mol. The van der Waals surface area contributed by atoms with Crippen molar-refractivity contribution in [1.29, 1.82) is 0 Å². The van der Waals surface area contributed by atoms with Crippen LogP contribution in [0.15, 0.2) is 47.4 Å². The number of carbonyl (C=O) groups excluding carboxylic acids is 1. The van der Waals surface area contributed by atoms with Crippen LogP contribution in [0.25, 0.3) is 0 Å². The molecule has 0 spiro atoms. The largest absolute Gasteiger partial charge is 0.289 e. The van der Waals surface area contributed by atoms with Crippen LogP contribution >= 0.6 is 23.4 Å². The highest BCUT2D eigenvalue weighted by Crippen LogP contribution is 2.23. The molecule has 2 aromatic rings. The molecule has 0 aliphatic rings. The van der Waals surface area contributed by atoms with Crippen molar-refractivity contribution in [3.8, 4) is 0 Å². The van der Waals surface area contributed by atoms with E-state index in [-0.39, 0.29) is 10.8 Å². The van der Waals surface area contributed by atoms with Gasteiger partial charge in [-0.05, 0) is 36.6 Å². The van der Waals surface area contributed by atoms with E-state index < -0.39 is 5.82 Å². The first-order valence-electron chi connectivity index (χ1n) is 5.25. The number of rotatable bonds is 3. The monoisotopic (exact) mass is 280 g/mol. The lowest BCUT2D eigenvalue weighted by molar-refractivity contribution is 0.103. The van der Waals surface area contributed by atoms with E-state index in [1.54, 1.807) is 23.9 Å². The fourth-order valence-electron chi connectivity index (χ4n) is 1.59. The van der Waals surface area contributed by atoms with E-state index in [0.29, 0.717) is 11.1 Å². The summed E-state index contributed by atoms with van der Waals surface area (Å²) in [4.78, 5) is 13.2. The number of hydrogen-bond donors (Lipinski definition) is 0. The molecule has 0 saturated heterocycles. The molecule has 4 heteroatoms. The van der Waals surface area contributed by atoms with Gasteiger partial charge in [0.1, 0.15) is 5.82 Å². The van der Waals surface area contributed by atoms with E-state index in [2.05, 4.69) is 0 Å². The highest BCUT2D eigenvalue weighted by molar-refractivity contribution is 7.98. The summed E-state index contributed by atoms with van der Waals surface area (Å²) in [5.41, 5.74) is 0.867. The summed E-state index contributed by atoms with van der Waals surface area (Å²) in [6.45, 7) is 0. The number of carbonyl (C=O) groups is 1. The number of thioether (sulfide) groups is 1. The van der Waals surface area contributed by atoms with Crippen LogP contribution < -0.4 is 0 Å². The lowest BCUT2D eigenvalue weighted by atomic mass is 10.0. The summed E-state index contributed by atoms with van der Waals surface area (Å²) in [7, 11) is 0. The second-order valence-corrected chi connectivity index (χ2v) is 4.97. The van der Waals surface area contributed by atoms with Gasteiger partial charge in [-0.1, -0.05) is 23.7 Å². The molecule has 2 aromatic carbocycles. The number of hydrogen-bond acceptors (Lipinski definition) is 2. The smallest absolute Gasteiger partial charge is 0.194 e. The minimum Gasteiger partial charge on any atom is -0.289 e. The molecule has 2 rings (SSSR count). The molecule has 0 bridgehead atoms. The summed E-state index contributed by atoms with van der Waals surface area (Å²) in [5.74, 6) is -0.648. The SMILES string of the molecule is CSc1cccc(C(=O)c2ccc(F)cc2Cl)c1. The Kier molecular flexibility index (Phi) is 4.04. The molecule has 0 heterocycles. The zero-order valence-corrected chi connectivity index (χ0v) is 11.2. The minimum absolute atomic E-state index is 0.134. The molecule has 0 unspecified atom stereocenters. The second-order valence-electron chi connectivity index (χ2n) is 3.69. The number of ketones is 1. The first-order valence-corrected chi connectivity index (χ1v) is 6.86. The van der Waals surface area contributed by atoms with Crippen LogP contribution in [0.5, 0.6) is 0 Å². The highest BCUT2D eigenvalue weighted by Gasteiger charge is 2.13. The Hall–Kier alpha value is -1.32. The average Bonchev–Trinajstić information content (AvgIpc) is 2.38. The summed E-state index contributed by atoms with van der Waals surface area (Å²) >= 11 is 7.44.